The fourth-order valence-corrected chi connectivity index (χ4v) is 3.76. The van der Waals surface area contributed by atoms with Gasteiger partial charge in [0.1, 0.15) is 0 Å². The van der Waals surface area contributed by atoms with E-state index in [0.29, 0.717) is 12.2 Å². The molecule has 0 bridgehead atoms. The van der Waals surface area contributed by atoms with E-state index in [1.165, 1.54) is 11.1 Å². The number of carbonyl (C=O) groups is 1. The minimum Gasteiger partial charge on any atom is -0.462 e. The fourth-order valence-electron chi connectivity index (χ4n) is 3.64. The third-order valence-electron chi connectivity index (χ3n) is 5.41. The first-order valence-electron chi connectivity index (χ1n) is 10.8. The number of aryl methyl sites for hydroxylation is 1. The Labute approximate surface area is 185 Å². The maximum atomic E-state index is 11.7. The number of carbonyl (C=O) groups excluding carboxylic acids is 1. The summed E-state index contributed by atoms with van der Waals surface area (Å²) in [5.74, 6) is -0.245. The van der Waals surface area contributed by atoms with Gasteiger partial charge in [-0.25, -0.2) is 4.79 Å². The minimum absolute atomic E-state index is 0.245. The van der Waals surface area contributed by atoms with Crippen LogP contribution in [0.2, 0.25) is 5.02 Å². The van der Waals surface area contributed by atoms with Crippen LogP contribution in [0.3, 0.4) is 0 Å². The molecule has 1 saturated heterocycles. The first-order chi connectivity index (χ1) is 14.6. The highest BCUT2D eigenvalue weighted by Gasteiger charge is 2.15. The molecule has 2 aromatic carbocycles. The first-order valence-corrected chi connectivity index (χ1v) is 11.1. The van der Waals surface area contributed by atoms with Gasteiger partial charge in [-0.05, 0) is 61.7 Å². The monoisotopic (exact) mass is 426 g/mol. The number of nitrogens with zero attached hydrogens (tertiary/aromatic N) is 2. The Morgan fingerprint density at radius 3 is 2.33 bits per heavy atom. The molecule has 1 fully saturated rings. The molecule has 1 aliphatic rings. The van der Waals surface area contributed by atoms with Crippen LogP contribution in [0.25, 0.3) is 6.08 Å². The molecule has 0 atom stereocenters. The van der Waals surface area contributed by atoms with Crippen LogP contribution >= 0.6 is 11.6 Å². The van der Waals surface area contributed by atoms with E-state index < -0.39 is 0 Å². The van der Waals surface area contributed by atoms with Crippen LogP contribution in [0.4, 0.5) is 0 Å². The van der Waals surface area contributed by atoms with Crippen LogP contribution in [-0.4, -0.2) is 61.6 Å². The van der Waals surface area contributed by atoms with Gasteiger partial charge in [0.15, 0.2) is 0 Å². The zero-order chi connectivity index (χ0) is 21.2. The molecular weight excluding hydrogens is 396 g/mol. The average molecular weight is 427 g/mol. The van der Waals surface area contributed by atoms with Crippen molar-refractivity contribution >= 4 is 23.6 Å². The largest absolute Gasteiger partial charge is 0.462 e. The summed E-state index contributed by atoms with van der Waals surface area (Å²) >= 11 is 5.93. The van der Waals surface area contributed by atoms with Crippen molar-refractivity contribution in [2.45, 2.75) is 19.8 Å². The predicted molar refractivity (Wildman–Crippen MR) is 124 cm³/mol. The Bertz CT molecular complexity index is 810. The molecule has 1 aliphatic heterocycles. The summed E-state index contributed by atoms with van der Waals surface area (Å²) in [6.07, 6.45) is 6.57. The Morgan fingerprint density at radius 1 is 1.00 bits per heavy atom. The summed E-state index contributed by atoms with van der Waals surface area (Å²) in [6.45, 7) is 8.81. The van der Waals surface area contributed by atoms with Gasteiger partial charge < -0.3 is 9.64 Å². The lowest BCUT2D eigenvalue weighted by molar-refractivity contribution is 0.0526. The zero-order valence-electron chi connectivity index (χ0n) is 17.7. The maximum Gasteiger partial charge on any atom is 0.338 e. The van der Waals surface area contributed by atoms with E-state index in [1.807, 2.05) is 55.5 Å². The van der Waals surface area contributed by atoms with E-state index in [4.69, 9.17) is 16.3 Å². The van der Waals surface area contributed by atoms with Crippen LogP contribution in [0.15, 0.2) is 54.6 Å². The van der Waals surface area contributed by atoms with Crippen molar-refractivity contribution in [1.82, 2.24) is 9.80 Å². The van der Waals surface area contributed by atoms with Gasteiger partial charge in [0.25, 0.3) is 0 Å². The molecule has 160 valence electrons. The topological polar surface area (TPSA) is 32.8 Å². The smallest absolute Gasteiger partial charge is 0.338 e. The van der Waals surface area contributed by atoms with Crippen LogP contribution in [0.5, 0.6) is 0 Å². The highest BCUT2D eigenvalue weighted by Crippen LogP contribution is 2.12. The van der Waals surface area contributed by atoms with Gasteiger partial charge >= 0.3 is 5.97 Å². The standard InChI is InChI=1S/C25H31ClN2O2/c1-2-30-25(29)23-11-7-21(8-12-23)5-3-15-27-17-19-28(20-18-27)16-4-6-22-9-13-24(26)14-10-22/h4,6-14H,2-3,5,15-20H2,1H3. The molecule has 0 saturated carbocycles. The number of rotatable bonds is 9. The molecule has 0 N–H and O–H groups in total. The molecule has 5 heteroatoms. The van der Waals surface area contributed by atoms with Gasteiger partial charge in [0, 0.05) is 37.7 Å². The maximum absolute atomic E-state index is 11.7. The molecule has 30 heavy (non-hydrogen) atoms. The summed E-state index contributed by atoms with van der Waals surface area (Å²) < 4.78 is 5.03. The van der Waals surface area contributed by atoms with Gasteiger partial charge in [-0.2, -0.15) is 0 Å². The third kappa shape index (κ3) is 7.28. The molecule has 0 amide bonds. The van der Waals surface area contributed by atoms with E-state index in [1.54, 1.807) is 0 Å². The van der Waals surface area contributed by atoms with E-state index in [2.05, 4.69) is 22.0 Å². The van der Waals surface area contributed by atoms with Crippen molar-refractivity contribution < 1.29 is 9.53 Å². The summed E-state index contributed by atoms with van der Waals surface area (Å²) in [5, 5.41) is 0.775. The summed E-state index contributed by atoms with van der Waals surface area (Å²) in [6, 6.07) is 15.7. The molecule has 2 aromatic rings. The molecule has 0 aliphatic carbocycles. The molecule has 0 spiro atoms. The number of esters is 1. The average Bonchev–Trinajstić information content (AvgIpc) is 2.77. The second-order valence-electron chi connectivity index (χ2n) is 7.62. The number of piperazine rings is 1. The minimum atomic E-state index is -0.245. The number of halogens is 1. The molecular formula is C25H31ClN2O2. The van der Waals surface area contributed by atoms with E-state index in [9.17, 15) is 4.79 Å². The number of hydrogen-bond donors (Lipinski definition) is 0. The summed E-state index contributed by atoms with van der Waals surface area (Å²) in [5.41, 5.74) is 3.09. The van der Waals surface area contributed by atoms with Crippen molar-refractivity contribution in [3.05, 3.63) is 76.3 Å². The lowest BCUT2D eigenvalue weighted by Crippen LogP contribution is -2.46. The predicted octanol–water partition coefficient (Wildman–Crippen LogP) is 4.78. The van der Waals surface area contributed by atoms with Gasteiger partial charge in [0.2, 0.25) is 0 Å². The van der Waals surface area contributed by atoms with Gasteiger partial charge in [0.05, 0.1) is 12.2 Å². The van der Waals surface area contributed by atoms with Crippen LogP contribution in [-0.2, 0) is 11.2 Å². The fraction of sp³-hybridized carbons (Fsp3) is 0.400. The van der Waals surface area contributed by atoms with Crippen molar-refractivity contribution in [2.75, 3.05) is 45.9 Å². The number of ether oxygens (including phenoxy) is 1. The van der Waals surface area contributed by atoms with Gasteiger partial charge in [-0.1, -0.05) is 48.0 Å². The SMILES string of the molecule is CCOC(=O)c1ccc(CCCN2CCN(CC=Cc3ccc(Cl)cc3)CC2)cc1. The van der Waals surface area contributed by atoms with Gasteiger partial charge in [-0.15, -0.1) is 0 Å². The number of benzene rings is 2. The second kappa shape index (κ2) is 11.9. The third-order valence-corrected chi connectivity index (χ3v) is 5.67. The van der Waals surface area contributed by atoms with Crippen LogP contribution in [0, 0.1) is 0 Å². The van der Waals surface area contributed by atoms with Gasteiger partial charge in [-0.3, -0.25) is 4.90 Å². The molecule has 3 rings (SSSR count). The lowest BCUT2D eigenvalue weighted by Gasteiger charge is -2.34. The molecule has 1 heterocycles. The highest BCUT2D eigenvalue weighted by molar-refractivity contribution is 6.30. The van der Waals surface area contributed by atoms with Crippen molar-refractivity contribution in [3.63, 3.8) is 0 Å². The van der Waals surface area contributed by atoms with E-state index >= 15 is 0 Å². The van der Waals surface area contributed by atoms with Crippen LogP contribution in [0.1, 0.15) is 34.8 Å². The molecule has 0 radical (unpaired) electrons. The van der Waals surface area contributed by atoms with E-state index in [-0.39, 0.29) is 5.97 Å². The van der Waals surface area contributed by atoms with Crippen molar-refractivity contribution in [1.29, 1.82) is 0 Å². The number of hydrogen-bond acceptors (Lipinski definition) is 4. The zero-order valence-corrected chi connectivity index (χ0v) is 18.5. The highest BCUT2D eigenvalue weighted by atomic mass is 35.5. The Hall–Kier alpha value is -2.14. The van der Waals surface area contributed by atoms with Crippen molar-refractivity contribution in [3.8, 4) is 0 Å². The Balaban J connectivity index is 1.32. The van der Waals surface area contributed by atoms with Crippen molar-refractivity contribution in [2.24, 2.45) is 0 Å². The quantitative estimate of drug-likeness (QED) is 0.540. The molecule has 4 nitrogen and oxygen atoms in total. The Kier molecular flexibility index (Phi) is 8.94. The Morgan fingerprint density at radius 2 is 1.67 bits per heavy atom. The van der Waals surface area contributed by atoms with E-state index in [0.717, 1.165) is 57.1 Å². The molecule has 0 aromatic heterocycles. The second-order valence-corrected chi connectivity index (χ2v) is 8.05. The summed E-state index contributed by atoms with van der Waals surface area (Å²) in [4.78, 5) is 16.8. The lowest BCUT2D eigenvalue weighted by atomic mass is 10.1. The normalized spacial score (nSPS) is 15.5. The summed E-state index contributed by atoms with van der Waals surface area (Å²) in [7, 11) is 0. The first kappa shape index (κ1) is 22.5. The molecule has 0 unspecified atom stereocenters. The van der Waals surface area contributed by atoms with Crippen LogP contribution < -0.4 is 0 Å².